The molecule has 0 aliphatic carbocycles. The van der Waals surface area contributed by atoms with E-state index in [4.69, 9.17) is 0 Å². The summed E-state index contributed by atoms with van der Waals surface area (Å²) in [6.07, 6.45) is 6.55. The lowest BCUT2D eigenvalue weighted by Gasteiger charge is -2.19. The third-order valence-electron chi connectivity index (χ3n) is 2.07. The normalized spacial score (nSPS) is 28.5. The second-order valence-electron chi connectivity index (χ2n) is 3.25. The quantitative estimate of drug-likeness (QED) is 0.543. The first-order valence-corrected chi connectivity index (χ1v) is 4.23. The number of allylic oxidation sites excluding steroid dienone is 1. The van der Waals surface area contributed by atoms with Crippen LogP contribution in [0, 0.1) is 0 Å². The van der Waals surface area contributed by atoms with Crippen molar-refractivity contribution in [1.29, 1.82) is 0 Å². The summed E-state index contributed by atoms with van der Waals surface area (Å²) in [7, 11) is 0. The lowest BCUT2D eigenvalue weighted by atomic mass is 10.0. The second kappa shape index (κ2) is 3.65. The molecular formula is C9H17N. The fraction of sp³-hybridized carbons (Fsp3) is 0.778. The van der Waals surface area contributed by atoms with Crippen molar-refractivity contribution < 1.29 is 0 Å². The number of hydrogen-bond acceptors (Lipinski definition) is 1. The van der Waals surface area contributed by atoms with E-state index in [1.54, 1.807) is 0 Å². The smallest absolute Gasteiger partial charge is 0.0229 e. The molecule has 1 aliphatic heterocycles. The summed E-state index contributed by atoms with van der Waals surface area (Å²) in [4.78, 5) is 0. The molecule has 0 unspecified atom stereocenters. The lowest BCUT2D eigenvalue weighted by molar-refractivity contribution is 0.481. The number of hydrogen-bond donors (Lipinski definition) is 1. The van der Waals surface area contributed by atoms with Crippen molar-refractivity contribution in [3.63, 3.8) is 0 Å². The molecule has 1 N–H and O–H groups in total. The first kappa shape index (κ1) is 7.64. The van der Waals surface area contributed by atoms with Crippen molar-refractivity contribution in [2.75, 3.05) is 0 Å². The van der Waals surface area contributed by atoms with Gasteiger partial charge in [-0.25, -0.2) is 0 Å². The first-order chi connectivity index (χ1) is 4.79. The van der Waals surface area contributed by atoms with Gasteiger partial charge in [0.2, 0.25) is 0 Å². The molecule has 1 atom stereocenters. The van der Waals surface area contributed by atoms with Gasteiger partial charge in [0.15, 0.2) is 0 Å². The SMILES string of the molecule is C=C1CCCCC[C@@H](C)N1. The summed E-state index contributed by atoms with van der Waals surface area (Å²) in [5.74, 6) is 0. The summed E-state index contributed by atoms with van der Waals surface area (Å²) >= 11 is 0. The average molecular weight is 139 g/mol. The van der Waals surface area contributed by atoms with Gasteiger partial charge >= 0.3 is 0 Å². The maximum Gasteiger partial charge on any atom is 0.0229 e. The molecule has 0 saturated carbocycles. The summed E-state index contributed by atoms with van der Waals surface area (Å²) in [5, 5.41) is 3.39. The Labute approximate surface area is 63.5 Å². The Bertz CT molecular complexity index is 118. The molecular weight excluding hydrogens is 122 g/mol. The van der Waals surface area contributed by atoms with Gasteiger partial charge in [-0.1, -0.05) is 19.4 Å². The molecule has 1 fully saturated rings. The van der Waals surface area contributed by atoms with Crippen LogP contribution in [0.2, 0.25) is 0 Å². The van der Waals surface area contributed by atoms with Crippen molar-refractivity contribution in [1.82, 2.24) is 5.32 Å². The van der Waals surface area contributed by atoms with Crippen LogP contribution in [-0.4, -0.2) is 6.04 Å². The van der Waals surface area contributed by atoms with E-state index in [1.807, 2.05) is 0 Å². The van der Waals surface area contributed by atoms with E-state index in [0.717, 1.165) is 0 Å². The maximum atomic E-state index is 3.96. The Kier molecular flexibility index (Phi) is 2.79. The molecule has 1 saturated heterocycles. The minimum Gasteiger partial charge on any atom is -0.386 e. The highest BCUT2D eigenvalue weighted by Crippen LogP contribution is 2.13. The summed E-state index contributed by atoms with van der Waals surface area (Å²) < 4.78 is 0. The predicted octanol–water partition coefficient (Wildman–Crippen LogP) is 2.44. The average Bonchev–Trinajstić information content (AvgIpc) is 1.83. The van der Waals surface area contributed by atoms with Crippen molar-refractivity contribution >= 4 is 0 Å². The van der Waals surface area contributed by atoms with E-state index in [1.165, 1.54) is 37.8 Å². The Morgan fingerprint density at radius 2 is 2.20 bits per heavy atom. The molecule has 1 aliphatic rings. The van der Waals surface area contributed by atoms with Gasteiger partial charge in [-0.05, 0) is 26.2 Å². The second-order valence-corrected chi connectivity index (χ2v) is 3.25. The highest BCUT2D eigenvalue weighted by molar-refractivity contribution is 4.93. The van der Waals surface area contributed by atoms with Crippen LogP contribution < -0.4 is 5.32 Å². The van der Waals surface area contributed by atoms with E-state index in [9.17, 15) is 0 Å². The number of rotatable bonds is 0. The van der Waals surface area contributed by atoms with Crippen molar-refractivity contribution in [3.05, 3.63) is 12.3 Å². The minimum absolute atomic E-state index is 0.646. The monoisotopic (exact) mass is 139 g/mol. The van der Waals surface area contributed by atoms with Crippen LogP contribution >= 0.6 is 0 Å². The number of nitrogens with one attached hydrogen (secondary N) is 1. The first-order valence-electron chi connectivity index (χ1n) is 4.23. The van der Waals surface area contributed by atoms with Crippen LogP contribution in [0.25, 0.3) is 0 Å². The molecule has 1 nitrogen and oxygen atoms in total. The molecule has 58 valence electrons. The molecule has 0 amide bonds. The zero-order valence-electron chi connectivity index (χ0n) is 6.82. The van der Waals surface area contributed by atoms with E-state index in [2.05, 4.69) is 18.8 Å². The van der Waals surface area contributed by atoms with Gasteiger partial charge in [0.05, 0.1) is 0 Å². The van der Waals surface area contributed by atoms with Gasteiger partial charge in [-0.15, -0.1) is 0 Å². The highest BCUT2D eigenvalue weighted by Gasteiger charge is 2.05. The maximum absolute atomic E-state index is 3.96. The molecule has 0 aromatic carbocycles. The molecule has 1 heteroatoms. The van der Waals surface area contributed by atoms with Gasteiger partial charge in [0.1, 0.15) is 0 Å². The Morgan fingerprint density at radius 3 is 3.00 bits per heavy atom. The van der Waals surface area contributed by atoms with Gasteiger partial charge < -0.3 is 5.32 Å². The topological polar surface area (TPSA) is 12.0 Å². The highest BCUT2D eigenvalue weighted by atomic mass is 14.9. The zero-order chi connectivity index (χ0) is 7.40. The van der Waals surface area contributed by atoms with Crippen LogP contribution in [0.3, 0.4) is 0 Å². The van der Waals surface area contributed by atoms with Crippen molar-refractivity contribution in [2.45, 2.75) is 45.1 Å². The Hall–Kier alpha value is -0.460. The predicted molar refractivity (Wildman–Crippen MR) is 44.8 cm³/mol. The van der Waals surface area contributed by atoms with Crippen LogP contribution in [0.4, 0.5) is 0 Å². The van der Waals surface area contributed by atoms with E-state index < -0.39 is 0 Å². The van der Waals surface area contributed by atoms with Gasteiger partial charge in [-0.3, -0.25) is 0 Å². The summed E-state index contributed by atoms with van der Waals surface area (Å²) in [6.45, 7) is 6.19. The van der Waals surface area contributed by atoms with Gasteiger partial charge in [0.25, 0.3) is 0 Å². The third kappa shape index (κ3) is 2.42. The standard InChI is InChI=1S/C9H17N/c1-8-6-4-3-5-7-9(2)10-8/h9-10H,1,3-7H2,2H3/t9-/m1/s1. The molecule has 10 heavy (non-hydrogen) atoms. The van der Waals surface area contributed by atoms with Crippen molar-refractivity contribution in [2.24, 2.45) is 0 Å². The fourth-order valence-electron chi connectivity index (χ4n) is 1.46. The lowest BCUT2D eigenvalue weighted by Crippen LogP contribution is -2.25. The Balaban J connectivity index is 2.32. The fourth-order valence-corrected chi connectivity index (χ4v) is 1.46. The molecule has 0 aromatic rings. The van der Waals surface area contributed by atoms with Crippen LogP contribution in [0.5, 0.6) is 0 Å². The summed E-state index contributed by atoms with van der Waals surface area (Å²) in [6, 6.07) is 0.646. The van der Waals surface area contributed by atoms with E-state index in [-0.39, 0.29) is 0 Å². The third-order valence-corrected chi connectivity index (χ3v) is 2.07. The van der Waals surface area contributed by atoms with Crippen LogP contribution in [0.1, 0.15) is 39.0 Å². The van der Waals surface area contributed by atoms with E-state index >= 15 is 0 Å². The van der Waals surface area contributed by atoms with E-state index in [0.29, 0.717) is 6.04 Å². The summed E-state index contributed by atoms with van der Waals surface area (Å²) in [5.41, 5.74) is 1.23. The largest absolute Gasteiger partial charge is 0.386 e. The molecule has 1 rings (SSSR count). The minimum atomic E-state index is 0.646. The van der Waals surface area contributed by atoms with Gasteiger partial charge in [-0.2, -0.15) is 0 Å². The Morgan fingerprint density at radius 1 is 1.40 bits per heavy atom. The molecule has 0 radical (unpaired) electrons. The molecule has 0 bridgehead atoms. The molecule has 0 spiro atoms. The van der Waals surface area contributed by atoms with Crippen LogP contribution in [0.15, 0.2) is 12.3 Å². The zero-order valence-corrected chi connectivity index (χ0v) is 6.82. The van der Waals surface area contributed by atoms with Crippen molar-refractivity contribution in [3.8, 4) is 0 Å². The molecule has 1 heterocycles. The molecule has 0 aromatic heterocycles. The van der Waals surface area contributed by atoms with Crippen LogP contribution in [-0.2, 0) is 0 Å². The van der Waals surface area contributed by atoms with Gasteiger partial charge in [0, 0.05) is 11.7 Å².